The van der Waals surface area contributed by atoms with Crippen LogP contribution >= 0.6 is 0 Å². The van der Waals surface area contributed by atoms with Crippen molar-refractivity contribution < 1.29 is 4.74 Å². The van der Waals surface area contributed by atoms with Crippen molar-refractivity contribution in [2.75, 3.05) is 7.05 Å². The van der Waals surface area contributed by atoms with E-state index in [2.05, 4.69) is 81.2 Å². The Kier molecular flexibility index (Phi) is 4.52. The van der Waals surface area contributed by atoms with Crippen molar-refractivity contribution in [3.63, 3.8) is 0 Å². The van der Waals surface area contributed by atoms with Crippen LogP contribution in [0.25, 0.3) is 0 Å². The van der Waals surface area contributed by atoms with Crippen LogP contribution in [0, 0.1) is 0 Å². The fourth-order valence-electron chi connectivity index (χ4n) is 2.13. The fourth-order valence-corrected chi connectivity index (χ4v) is 2.13. The van der Waals surface area contributed by atoms with Crippen molar-refractivity contribution in [1.82, 2.24) is 4.90 Å². The molecule has 0 aliphatic carbocycles. The highest BCUT2D eigenvalue weighted by molar-refractivity contribution is 5.00. The van der Waals surface area contributed by atoms with E-state index in [1.54, 1.807) is 0 Å². The molecule has 0 amide bonds. The van der Waals surface area contributed by atoms with Gasteiger partial charge in [0.1, 0.15) is 0 Å². The highest BCUT2D eigenvalue weighted by atomic mass is 16.5. The first kappa shape index (κ1) is 16.9. The van der Waals surface area contributed by atoms with Crippen LogP contribution in [-0.4, -0.2) is 34.2 Å². The van der Waals surface area contributed by atoms with E-state index < -0.39 is 0 Å². The molecule has 0 bridgehead atoms. The van der Waals surface area contributed by atoms with Crippen LogP contribution in [0.15, 0.2) is 0 Å². The smallest absolute Gasteiger partial charge is 0.0811 e. The van der Waals surface area contributed by atoms with Crippen molar-refractivity contribution in [3.05, 3.63) is 0 Å². The summed E-state index contributed by atoms with van der Waals surface area (Å²) in [5, 5.41) is 0. The summed E-state index contributed by atoms with van der Waals surface area (Å²) in [6.07, 6.45) is 0. The van der Waals surface area contributed by atoms with Crippen LogP contribution < -0.4 is 0 Å². The lowest BCUT2D eigenvalue weighted by Gasteiger charge is -2.54. The van der Waals surface area contributed by atoms with E-state index >= 15 is 0 Å². The van der Waals surface area contributed by atoms with Gasteiger partial charge in [0.05, 0.1) is 11.2 Å². The monoisotopic (exact) mass is 243 g/mol. The number of ether oxygens (including phenoxy) is 1. The lowest BCUT2D eigenvalue weighted by molar-refractivity contribution is -0.185. The van der Waals surface area contributed by atoms with Gasteiger partial charge >= 0.3 is 0 Å². The first-order valence-electron chi connectivity index (χ1n) is 6.55. The molecule has 0 aliphatic heterocycles. The molecule has 0 aliphatic rings. The summed E-state index contributed by atoms with van der Waals surface area (Å²) in [5.74, 6) is 0. The Balaban J connectivity index is 5.16. The molecule has 0 atom stereocenters. The lowest BCUT2D eigenvalue weighted by Crippen LogP contribution is -2.64. The molecule has 0 heterocycles. The molecule has 0 saturated heterocycles. The highest BCUT2D eigenvalue weighted by Crippen LogP contribution is 2.37. The molecule has 0 rings (SSSR count). The third kappa shape index (κ3) is 4.26. The van der Waals surface area contributed by atoms with Crippen LogP contribution in [-0.2, 0) is 4.74 Å². The van der Waals surface area contributed by atoms with E-state index in [1.807, 2.05) is 0 Å². The van der Waals surface area contributed by atoms with E-state index in [0.29, 0.717) is 0 Å². The molecular formula is C15H33NO. The fraction of sp³-hybridized carbons (Fsp3) is 1.00. The van der Waals surface area contributed by atoms with Gasteiger partial charge in [-0.3, -0.25) is 4.90 Å². The summed E-state index contributed by atoms with van der Waals surface area (Å²) in [6, 6.07) is 0. The number of hydrogen-bond donors (Lipinski definition) is 0. The highest BCUT2D eigenvalue weighted by Gasteiger charge is 2.46. The Morgan fingerprint density at radius 1 is 0.706 bits per heavy atom. The van der Waals surface area contributed by atoms with E-state index in [0.717, 1.165) is 0 Å². The molecule has 2 heteroatoms. The molecule has 0 aromatic rings. The van der Waals surface area contributed by atoms with Gasteiger partial charge in [-0.1, -0.05) is 0 Å². The zero-order valence-corrected chi connectivity index (χ0v) is 13.9. The maximum absolute atomic E-state index is 6.26. The molecule has 0 radical (unpaired) electrons. The zero-order valence-electron chi connectivity index (χ0n) is 13.9. The first-order valence-corrected chi connectivity index (χ1v) is 6.55. The van der Waals surface area contributed by atoms with Crippen molar-refractivity contribution in [1.29, 1.82) is 0 Å². The summed E-state index contributed by atoms with van der Waals surface area (Å²) in [4.78, 5) is 2.39. The number of nitrogens with zero attached hydrogens (tertiary/aromatic N) is 1. The van der Waals surface area contributed by atoms with E-state index in [4.69, 9.17) is 4.74 Å². The van der Waals surface area contributed by atoms with E-state index in [-0.39, 0.29) is 22.3 Å². The Morgan fingerprint density at radius 3 is 1.29 bits per heavy atom. The molecule has 104 valence electrons. The number of likely N-dealkylation sites (N-methyl/N-ethyl adjacent to an activating group) is 1. The second-order valence-corrected chi connectivity index (χ2v) is 8.01. The van der Waals surface area contributed by atoms with E-state index in [1.165, 1.54) is 0 Å². The number of hydrogen-bond acceptors (Lipinski definition) is 2. The average molecular weight is 243 g/mol. The third-order valence-electron chi connectivity index (χ3n) is 3.88. The standard InChI is InChI=1S/C15H33NO/c1-12(2,3)16(11)14(7,8)15(9,10)17-13(4,5)6/h1-11H3. The molecule has 0 fully saturated rings. The number of rotatable bonds is 3. The maximum Gasteiger partial charge on any atom is 0.0811 e. The SMILES string of the molecule is CN(C(C)(C)C)C(C)(C)C(C)(C)OC(C)(C)C. The minimum Gasteiger partial charge on any atom is -0.368 e. The molecule has 2 nitrogen and oxygen atoms in total. The second-order valence-electron chi connectivity index (χ2n) is 8.01. The predicted molar refractivity (Wildman–Crippen MR) is 76.5 cm³/mol. The minimum absolute atomic E-state index is 0.0431. The van der Waals surface area contributed by atoms with Gasteiger partial charge in [-0.15, -0.1) is 0 Å². The van der Waals surface area contributed by atoms with Gasteiger partial charge in [0, 0.05) is 11.1 Å². The van der Waals surface area contributed by atoms with Crippen LogP contribution in [0.4, 0.5) is 0 Å². The van der Waals surface area contributed by atoms with Gasteiger partial charge in [-0.2, -0.15) is 0 Å². The Bertz CT molecular complexity index is 253. The topological polar surface area (TPSA) is 12.5 Å². The van der Waals surface area contributed by atoms with Gasteiger partial charge in [0.2, 0.25) is 0 Å². The Labute approximate surface area is 109 Å². The second kappa shape index (κ2) is 4.55. The van der Waals surface area contributed by atoms with Crippen molar-refractivity contribution in [2.45, 2.75) is 91.5 Å². The zero-order chi connectivity index (χ0) is 14.3. The largest absolute Gasteiger partial charge is 0.368 e. The van der Waals surface area contributed by atoms with Crippen LogP contribution in [0.1, 0.15) is 69.2 Å². The van der Waals surface area contributed by atoms with Crippen molar-refractivity contribution in [3.8, 4) is 0 Å². The molecule has 0 aromatic heterocycles. The summed E-state index contributed by atoms with van der Waals surface area (Å²) in [6.45, 7) is 21.9. The lowest BCUT2D eigenvalue weighted by atomic mass is 9.81. The molecular weight excluding hydrogens is 210 g/mol. The van der Waals surface area contributed by atoms with Gasteiger partial charge < -0.3 is 4.74 Å². The maximum atomic E-state index is 6.26. The minimum atomic E-state index is -0.215. The first-order chi connectivity index (χ1) is 7.11. The van der Waals surface area contributed by atoms with Gasteiger partial charge in [-0.05, 0) is 76.3 Å². The van der Waals surface area contributed by atoms with Crippen LogP contribution in [0.2, 0.25) is 0 Å². The van der Waals surface area contributed by atoms with Crippen molar-refractivity contribution in [2.24, 2.45) is 0 Å². The molecule has 0 spiro atoms. The quantitative estimate of drug-likeness (QED) is 0.740. The molecule has 17 heavy (non-hydrogen) atoms. The predicted octanol–water partition coefficient (Wildman–Crippen LogP) is 4.09. The third-order valence-corrected chi connectivity index (χ3v) is 3.88. The Morgan fingerprint density at radius 2 is 1.06 bits per heavy atom. The summed E-state index contributed by atoms with van der Waals surface area (Å²) < 4.78 is 6.26. The van der Waals surface area contributed by atoms with Crippen molar-refractivity contribution >= 4 is 0 Å². The summed E-state index contributed by atoms with van der Waals surface area (Å²) in [5.41, 5.74) is -0.257. The molecule has 0 aromatic carbocycles. The molecule has 0 unspecified atom stereocenters. The van der Waals surface area contributed by atoms with E-state index in [9.17, 15) is 0 Å². The molecule has 0 saturated carbocycles. The van der Waals surface area contributed by atoms with Gasteiger partial charge in [0.15, 0.2) is 0 Å². The average Bonchev–Trinajstić information content (AvgIpc) is 1.95. The normalized spacial score (nSPS) is 15.5. The van der Waals surface area contributed by atoms with Crippen LogP contribution in [0.5, 0.6) is 0 Å². The van der Waals surface area contributed by atoms with Gasteiger partial charge in [-0.25, -0.2) is 0 Å². The Hall–Kier alpha value is -0.0800. The summed E-state index contributed by atoms with van der Waals surface area (Å²) in [7, 11) is 2.17. The summed E-state index contributed by atoms with van der Waals surface area (Å²) >= 11 is 0. The molecule has 0 N–H and O–H groups in total. The van der Waals surface area contributed by atoms with Crippen LogP contribution in [0.3, 0.4) is 0 Å². The van der Waals surface area contributed by atoms with Gasteiger partial charge in [0.25, 0.3) is 0 Å².